The number of ether oxygens (including phenoxy) is 1. The van der Waals surface area contributed by atoms with E-state index in [-0.39, 0.29) is 19.4 Å². The third-order valence-corrected chi connectivity index (χ3v) is 5.15. The molecule has 2 atom stereocenters. The normalized spacial score (nSPS) is 12.4. The highest BCUT2D eigenvalue weighted by molar-refractivity contribution is 5.81. The van der Waals surface area contributed by atoms with Gasteiger partial charge in [0.15, 0.2) is 6.04 Å². The van der Waals surface area contributed by atoms with Gasteiger partial charge in [-0.2, -0.15) is 0 Å². The second kappa shape index (κ2) is 12.2. The van der Waals surface area contributed by atoms with Gasteiger partial charge in [-0.15, -0.1) is 0 Å². The zero-order chi connectivity index (χ0) is 24.3. The van der Waals surface area contributed by atoms with E-state index in [2.05, 4.69) is 5.43 Å². The van der Waals surface area contributed by atoms with Crippen molar-refractivity contribution in [2.45, 2.75) is 31.5 Å². The van der Waals surface area contributed by atoms with Crippen LogP contribution in [0.25, 0.3) is 0 Å². The molecule has 176 valence electrons. The molecular weight excluding hydrogens is 436 g/mol. The van der Waals surface area contributed by atoms with Gasteiger partial charge in [0, 0.05) is 12.8 Å². The Balaban J connectivity index is 1.85. The molecule has 3 N–H and O–H groups in total. The zero-order valence-corrected chi connectivity index (χ0v) is 18.4. The number of hydrogen-bond acceptors (Lipinski definition) is 5. The second-order valence-electron chi connectivity index (χ2n) is 7.66. The van der Waals surface area contributed by atoms with Gasteiger partial charge in [0.25, 0.3) is 0 Å². The van der Waals surface area contributed by atoms with Crippen LogP contribution in [0.3, 0.4) is 0 Å². The molecule has 1 amide bonds. The molecule has 0 aliphatic rings. The van der Waals surface area contributed by atoms with Crippen molar-refractivity contribution in [3.63, 3.8) is 0 Å². The van der Waals surface area contributed by atoms with E-state index in [4.69, 9.17) is 4.74 Å². The number of rotatable bonds is 11. The van der Waals surface area contributed by atoms with E-state index in [0.29, 0.717) is 11.1 Å². The lowest BCUT2D eigenvalue weighted by Gasteiger charge is -2.31. The number of amides is 1. The number of hydrogen-bond donors (Lipinski definition) is 3. The Bertz CT molecular complexity index is 1080. The molecule has 0 aliphatic carbocycles. The van der Waals surface area contributed by atoms with Crippen molar-refractivity contribution >= 4 is 18.0 Å². The van der Waals surface area contributed by atoms with Gasteiger partial charge in [-0.1, -0.05) is 91.0 Å². The van der Waals surface area contributed by atoms with Crippen molar-refractivity contribution in [1.82, 2.24) is 10.4 Å². The predicted octanol–water partition coefficient (Wildman–Crippen LogP) is 3.52. The molecule has 0 fully saturated rings. The molecule has 8 nitrogen and oxygen atoms in total. The number of carbonyl (C=O) groups is 3. The summed E-state index contributed by atoms with van der Waals surface area (Å²) in [6.45, 7) is -0.0913. The highest BCUT2D eigenvalue weighted by atomic mass is 16.6. The first-order valence-electron chi connectivity index (χ1n) is 10.7. The molecule has 0 saturated heterocycles. The third kappa shape index (κ3) is 7.18. The molecule has 3 aromatic rings. The maximum absolute atomic E-state index is 13.0. The van der Waals surface area contributed by atoms with Gasteiger partial charge in [0.1, 0.15) is 12.6 Å². The number of aliphatic carboxylic acids is 2. The van der Waals surface area contributed by atoms with Gasteiger partial charge in [-0.25, -0.2) is 20.0 Å². The number of carboxylic acid groups (broad SMARTS) is 2. The van der Waals surface area contributed by atoms with Crippen LogP contribution < -0.4 is 5.43 Å². The fraction of sp³-hybridized carbons (Fsp3) is 0.192. The molecule has 3 aromatic carbocycles. The Morgan fingerprint density at radius 1 is 0.706 bits per heavy atom. The lowest BCUT2D eigenvalue weighted by Crippen LogP contribution is -2.59. The smallest absolute Gasteiger partial charge is 0.425 e. The number of nitrogens with one attached hydrogen (secondary N) is 1. The molecule has 0 bridgehead atoms. The summed E-state index contributed by atoms with van der Waals surface area (Å²) in [5.41, 5.74) is 4.72. The van der Waals surface area contributed by atoms with Crippen molar-refractivity contribution < 1.29 is 29.3 Å². The van der Waals surface area contributed by atoms with Crippen molar-refractivity contribution in [3.05, 3.63) is 108 Å². The summed E-state index contributed by atoms with van der Waals surface area (Å²) in [6, 6.07) is 23.9. The predicted molar refractivity (Wildman–Crippen MR) is 125 cm³/mol. The Kier molecular flexibility index (Phi) is 8.76. The number of carboxylic acids is 2. The highest BCUT2D eigenvalue weighted by Crippen LogP contribution is 2.13. The molecule has 0 heterocycles. The average molecular weight is 463 g/mol. The van der Waals surface area contributed by atoms with Crippen molar-refractivity contribution in [3.8, 4) is 0 Å². The van der Waals surface area contributed by atoms with E-state index in [1.54, 1.807) is 84.9 Å². The lowest BCUT2D eigenvalue weighted by molar-refractivity contribution is -0.148. The summed E-state index contributed by atoms with van der Waals surface area (Å²) in [4.78, 5) is 37.2. The molecule has 0 unspecified atom stereocenters. The summed E-state index contributed by atoms with van der Waals surface area (Å²) in [6.07, 6.45) is -0.982. The Labute approximate surface area is 197 Å². The number of benzene rings is 3. The quantitative estimate of drug-likeness (QED) is 0.373. The fourth-order valence-electron chi connectivity index (χ4n) is 3.39. The molecule has 0 radical (unpaired) electrons. The van der Waals surface area contributed by atoms with E-state index in [0.717, 1.165) is 10.6 Å². The Morgan fingerprint density at radius 2 is 1.18 bits per heavy atom. The van der Waals surface area contributed by atoms with Crippen LogP contribution in [0.4, 0.5) is 4.79 Å². The van der Waals surface area contributed by atoms with Gasteiger partial charge in [-0.05, 0) is 16.7 Å². The van der Waals surface area contributed by atoms with E-state index < -0.39 is 30.1 Å². The highest BCUT2D eigenvalue weighted by Gasteiger charge is 2.35. The molecule has 0 spiro atoms. The van der Waals surface area contributed by atoms with Crippen molar-refractivity contribution in [1.29, 1.82) is 0 Å². The summed E-state index contributed by atoms with van der Waals surface area (Å²) >= 11 is 0. The van der Waals surface area contributed by atoms with E-state index >= 15 is 0 Å². The summed E-state index contributed by atoms with van der Waals surface area (Å²) in [7, 11) is 0. The Morgan fingerprint density at radius 3 is 1.65 bits per heavy atom. The van der Waals surface area contributed by atoms with Gasteiger partial charge in [0.2, 0.25) is 0 Å². The monoisotopic (exact) mass is 462 g/mol. The van der Waals surface area contributed by atoms with Crippen molar-refractivity contribution in [2.75, 3.05) is 0 Å². The van der Waals surface area contributed by atoms with Crippen LogP contribution in [0.15, 0.2) is 91.0 Å². The SMILES string of the molecule is O=C(O)[C@H](Cc1ccccc1)NN(C(=O)OCc1ccccc1)[C@@H](Cc1ccccc1)C(=O)O. The van der Waals surface area contributed by atoms with Crippen LogP contribution in [0.5, 0.6) is 0 Å². The van der Waals surface area contributed by atoms with Gasteiger partial charge >= 0.3 is 18.0 Å². The molecule has 0 aromatic heterocycles. The topological polar surface area (TPSA) is 116 Å². The minimum atomic E-state index is -1.40. The van der Waals surface area contributed by atoms with Crippen LogP contribution in [-0.4, -0.2) is 45.3 Å². The Hall–Kier alpha value is -4.17. The van der Waals surface area contributed by atoms with E-state index in [1.165, 1.54) is 0 Å². The van der Waals surface area contributed by atoms with Gasteiger partial charge in [-0.3, -0.25) is 4.79 Å². The molecule has 0 saturated carbocycles. The van der Waals surface area contributed by atoms with Crippen molar-refractivity contribution in [2.24, 2.45) is 0 Å². The summed E-state index contributed by atoms with van der Waals surface area (Å²) in [5.74, 6) is -2.52. The first-order valence-corrected chi connectivity index (χ1v) is 10.7. The number of hydrazine groups is 1. The number of carbonyl (C=O) groups excluding carboxylic acids is 1. The maximum atomic E-state index is 13.0. The third-order valence-electron chi connectivity index (χ3n) is 5.15. The molecule has 34 heavy (non-hydrogen) atoms. The van der Waals surface area contributed by atoms with Crippen LogP contribution in [0, 0.1) is 0 Å². The molecule has 0 aliphatic heterocycles. The van der Waals surface area contributed by atoms with E-state index in [9.17, 15) is 24.6 Å². The summed E-state index contributed by atoms with van der Waals surface area (Å²) in [5, 5.41) is 20.5. The standard InChI is InChI=1S/C26H26N2O6/c29-24(30)22(16-19-10-4-1-5-11-19)27-28(26(33)34-18-21-14-8-3-9-15-21)23(25(31)32)17-20-12-6-2-7-13-20/h1-15,22-23,27H,16-18H2,(H,29,30)(H,31,32)/t22-,23-/m0/s1. The lowest BCUT2D eigenvalue weighted by atomic mass is 10.0. The average Bonchev–Trinajstić information content (AvgIpc) is 2.85. The fourth-order valence-corrected chi connectivity index (χ4v) is 3.39. The minimum absolute atomic E-state index is 0.0380. The largest absolute Gasteiger partial charge is 0.480 e. The summed E-state index contributed by atoms with van der Waals surface area (Å²) < 4.78 is 5.36. The van der Waals surface area contributed by atoms with Crippen LogP contribution in [0.2, 0.25) is 0 Å². The van der Waals surface area contributed by atoms with Crippen LogP contribution in [-0.2, 0) is 33.8 Å². The van der Waals surface area contributed by atoms with Crippen LogP contribution in [0.1, 0.15) is 16.7 Å². The second-order valence-corrected chi connectivity index (χ2v) is 7.66. The first-order chi connectivity index (χ1) is 16.4. The molecule has 3 rings (SSSR count). The maximum Gasteiger partial charge on any atom is 0.425 e. The number of nitrogens with zero attached hydrogens (tertiary/aromatic N) is 1. The van der Waals surface area contributed by atoms with E-state index in [1.807, 2.05) is 6.07 Å². The van der Waals surface area contributed by atoms with Crippen LogP contribution >= 0.6 is 0 Å². The zero-order valence-electron chi connectivity index (χ0n) is 18.4. The molecule has 8 heteroatoms. The van der Waals surface area contributed by atoms with Gasteiger partial charge in [0.05, 0.1) is 0 Å². The van der Waals surface area contributed by atoms with Gasteiger partial charge < -0.3 is 14.9 Å². The molecular formula is C26H26N2O6. The first kappa shape index (κ1) is 24.5. The minimum Gasteiger partial charge on any atom is -0.480 e.